The number of fused-ring (bicyclic) bond motifs is 3. The Morgan fingerprint density at radius 2 is 1.69 bits per heavy atom. The molecule has 194 valence electrons. The third kappa shape index (κ3) is 4.17. The normalized spacial score (nSPS) is 16.2. The van der Waals surface area contributed by atoms with Crippen LogP contribution in [0.4, 0.5) is 11.4 Å². The van der Waals surface area contributed by atoms with Crippen LogP contribution in [0.25, 0.3) is 11.8 Å². The maximum atomic E-state index is 13.8. The van der Waals surface area contributed by atoms with Crippen molar-refractivity contribution in [2.24, 2.45) is 4.99 Å². The van der Waals surface area contributed by atoms with Crippen LogP contribution < -0.4 is 14.9 Å². The zero-order valence-corrected chi connectivity index (χ0v) is 22.3. The van der Waals surface area contributed by atoms with Crippen LogP contribution in [0.5, 0.6) is 5.75 Å². The number of nitro groups is 2. The third-order valence-corrected chi connectivity index (χ3v) is 8.35. The number of halogens is 1. The summed E-state index contributed by atoms with van der Waals surface area (Å²) in [5.74, 6) is -1.04. The van der Waals surface area contributed by atoms with E-state index in [9.17, 15) is 30.1 Å². The Bertz CT molecular complexity index is 1890. The number of nitrogens with zero attached hydrogens (tertiary/aromatic N) is 4. The number of thiazole rings is 1. The lowest BCUT2D eigenvalue weighted by Crippen LogP contribution is -2.38. The molecule has 6 rings (SSSR count). The van der Waals surface area contributed by atoms with E-state index in [4.69, 9.17) is 4.99 Å². The number of aryl methyl sites for hydroxylation is 1. The molecule has 0 amide bonds. The molecule has 2 aliphatic rings. The van der Waals surface area contributed by atoms with Gasteiger partial charge >= 0.3 is 11.4 Å². The van der Waals surface area contributed by atoms with Crippen molar-refractivity contribution in [2.45, 2.75) is 18.9 Å². The molecule has 1 atom stereocenters. The molecule has 39 heavy (non-hydrogen) atoms. The number of hydrogen-bond donors (Lipinski definition) is 1. The molecule has 10 nitrogen and oxygen atoms in total. The standard InChI is InChI=1S/C27H17BrN4O6S/c28-17-8-5-16(6-9-17)24-19-10-7-15-3-1-2-4-18(15)23(19)29-27-30(24)26(34)22(39-27)13-14-11-20(31(35)36)25(33)21(12-14)32(37)38/h1-6,8-9,11-13,24,33H,7,10H2/b22-13-/t24-/m1/s1. The smallest absolute Gasteiger partial charge is 0.318 e. The molecule has 0 saturated carbocycles. The van der Waals surface area contributed by atoms with Gasteiger partial charge in [0.2, 0.25) is 0 Å². The fourth-order valence-corrected chi connectivity index (χ4v) is 6.37. The summed E-state index contributed by atoms with van der Waals surface area (Å²) in [6.45, 7) is 0. The second kappa shape index (κ2) is 9.40. The quantitative estimate of drug-likeness (QED) is 0.266. The van der Waals surface area contributed by atoms with E-state index in [0.29, 0.717) is 11.2 Å². The van der Waals surface area contributed by atoms with Crippen molar-refractivity contribution in [3.63, 3.8) is 0 Å². The maximum absolute atomic E-state index is 13.8. The van der Waals surface area contributed by atoms with E-state index in [1.807, 2.05) is 42.5 Å². The molecule has 0 fully saturated rings. The van der Waals surface area contributed by atoms with E-state index in [1.165, 1.54) is 11.6 Å². The molecule has 1 aliphatic heterocycles. The minimum atomic E-state index is -1.04. The van der Waals surface area contributed by atoms with Gasteiger partial charge < -0.3 is 5.11 Å². The van der Waals surface area contributed by atoms with Gasteiger partial charge in [-0.05, 0) is 53.3 Å². The largest absolute Gasteiger partial charge is 0.497 e. The molecule has 0 radical (unpaired) electrons. The van der Waals surface area contributed by atoms with Crippen LogP contribution in [0, 0.1) is 20.2 Å². The summed E-state index contributed by atoms with van der Waals surface area (Å²) in [6, 6.07) is 17.4. The summed E-state index contributed by atoms with van der Waals surface area (Å²) in [5, 5.41) is 32.8. The van der Waals surface area contributed by atoms with Crippen molar-refractivity contribution in [1.29, 1.82) is 0 Å². The summed E-state index contributed by atoms with van der Waals surface area (Å²) < 4.78 is 2.73. The van der Waals surface area contributed by atoms with Gasteiger partial charge in [0.05, 0.1) is 26.1 Å². The Hall–Kier alpha value is -4.42. The van der Waals surface area contributed by atoms with Crippen LogP contribution >= 0.6 is 27.3 Å². The summed E-state index contributed by atoms with van der Waals surface area (Å²) in [5.41, 5.74) is 3.00. The fraction of sp³-hybridized carbons (Fsp3) is 0.111. The Morgan fingerprint density at radius 1 is 1.03 bits per heavy atom. The highest BCUT2D eigenvalue weighted by Gasteiger charge is 2.33. The number of phenolic OH excluding ortho intramolecular Hbond substituents is 1. The van der Waals surface area contributed by atoms with Gasteiger partial charge in [-0.25, -0.2) is 4.99 Å². The lowest BCUT2D eigenvalue weighted by Gasteiger charge is -2.30. The van der Waals surface area contributed by atoms with E-state index in [-0.39, 0.29) is 15.7 Å². The third-order valence-electron chi connectivity index (χ3n) is 6.84. The topological polar surface area (TPSA) is 141 Å². The average Bonchev–Trinajstić information content (AvgIpc) is 3.22. The SMILES string of the molecule is O=c1/c(=C/c2cc([N+](=O)[O-])c(O)c([N+](=O)[O-])c2)sc2n1[C@H](c1ccc(Br)cc1)C1=C(N=2)c2ccccc2CC1. The minimum absolute atomic E-state index is 0.0470. The fourth-order valence-electron chi connectivity index (χ4n) is 5.11. The first-order valence-corrected chi connectivity index (χ1v) is 13.4. The van der Waals surface area contributed by atoms with Crippen molar-refractivity contribution in [3.8, 4) is 5.75 Å². The van der Waals surface area contributed by atoms with Crippen molar-refractivity contribution in [1.82, 2.24) is 4.57 Å². The molecule has 2 heterocycles. The van der Waals surface area contributed by atoms with E-state index >= 15 is 0 Å². The van der Waals surface area contributed by atoms with Gasteiger partial charge in [-0.2, -0.15) is 0 Å². The summed E-state index contributed by atoms with van der Waals surface area (Å²) in [4.78, 5) is 40.2. The molecule has 1 aliphatic carbocycles. The van der Waals surface area contributed by atoms with Gasteiger partial charge in [-0.15, -0.1) is 0 Å². The summed E-state index contributed by atoms with van der Waals surface area (Å²) >= 11 is 4.57. The molecule has 12 heteroatoms. The van der Waals surface area contributed by atoms with E-state index < -0.39 is 33.0 Å². The van der Waals surface area contributed by atoms with Crippen molar-refractivity contribution < 1.29 is 15.0 Å². The molecule has 0 saturated heterocycles. The van der Waals surface area contributed by atoms with Crippen molar-refractivity contribution in [3.05, 3.63) is 133 Å². The molecule has 0 bridgehead atoms. The number of phenols is 1. The monoisotopic (exact) mass is 604 g/mol. The molecular weight excluding hydrogens is 588 g/mol. The second-order valence-corrected chi connectivity index (χ2v) is 11.0. The van der Waals surface area contributed by atoms with Crippen LogP contribution in [0.2, 0.25) is 0 Å². The highest BCUT2D eigenvalue weighted by molar-refractivity contribution is 9.10. The minimum Gasteiger partial charge on any atom is -0.497 e. The van der Waals surface area contributed by atoms with Gasteiger partial charge in [0.15, 0.2) is 4.80 Å². The van der Waals surface area contributed by atoms with Crippen LogP contribution in [0.1, 0.15) is 34.7 Å². The number of benzene rings is 3. The Labute approximate surface area is 231 Å². The number of rotatable bonds is 4. The number of allylic oxidation sites excluding steroid dienone is 1. The highest BCUT2D eigenvalue weighted by atomic mass is 79.9. The summed E-state index contributed by atoms with van der Waals surface area (Å²) in [6.07, 6.45) is 2.89. The first-order valence-electron chi connectivity index (χ1n) is 11.8. The van der Waals surface area contributed by atoms with Crippen molar-refractivity contribution in [2.75, 3.05) is 0 Å². The van der Waals surface area contributed by atoms with Crippen LogP contribution in [-0.2, 0) is 6.42 Å². The first kappa shape index (κ1) is 24.9. The maximum Gasteiger partial charge on any atom is 0.318 e. The Morgan fingerprint density at radius 3 is 2.36 bits per heavy atom. The average molecular weight is 605 g/mol. The number of aromatic hydroxyl groups is 1. The van der Waals surface area contributed by atoms with Gasteiger partial charge in [-0.3, -0.25) is 29.6 Å². The van der Waals surface area contributed by atoms with E-state index in [1.54, 1.807) is 4.57 Å². The van der Waals surface area contributed by atoms with Crippen molar-refractivity contribution >= 4 is 50.4 Å². The highest BCUT2D eigenvalue weighted by Crippen LogP contribution is 2.41. The zero-order valence-electron chi connectivity index (χ0n) is 19.9. The molecule has 1 N–H and O–H groups in total. The van der Waals surface area contributed by atoms with Gasteiger partial charge in [0, 0.05) is 22.2 Å². The second-order valence-electron chi connectivity index (χ2n) is 9.09. The van der Waals surface area contributed by atoms with E-state index in [0.717, 1.165) is 56.8 Å². The Kier molecular flexibility index (Phi) is 6.00. The molecular formula is C27H17BrN4O6S. The van der Waals surface area contributed by atoms with Crippen LogP contribution in [-0.4, -0.2) is 19.5 Å². The van der Waals surface area contributed by atoms with Gasteiger partial charge in [0.25, 0.3) is 11.3 Å². The predicted octanol–water partition coefficient (Wildman–Crippen LogP) is 4.60. The molecule has 0 unspecified atom stereocenters. The first-order chi connectivity index (χ1) is 18.7. The van der Waals surface area contributed by atoms with Gasteiger partial charge in [0.1, 0.15) is 0 Å². The number of nitro benzene ring substituents is 2. The molecule has 3 aromatic carbocycles. The van der Waals surface area contributed by atoms with Gasteiger partial charge in [-0.1, -0.05) is 63.7 Å². The van der Waals surface area contributed by atoms with Crippen LogP contribution in [0.15, 0.2) is 80.5 Å². The molecule has 1 aromatic heterocycles. The lowest BCUT2D eigenvalue weighted by molar-refractivity contribution is -0.396. The lowest BCUT2D eigenvalue weighted by atomic mass is 9.83. The molecule has 4 aromatic rings. The molecule has 0 spiro atoms. The number of aromatic nitrogens is 1. The zero-order chi connectivity index (χ0) is 27.4. The van der Waals surface area contributed by atoms with Crippen LogP contribution in [0.3, 0.4) is 0 Å². The van der Waals surface area contributed by atoms with E-state index in [2.05, 4.69) is 22.0 Å². The summed E-state index contributed by atoms with van der Waals surface area (Å²) in [7, 11) is 0. The predicted molar refractivity (Wildman–Crippen MR) is 148 cm³/mol. The Balaban J connectivity index is 1.61. The number of hydrogen-bond acceptors (Lipinski definition) is 8.